The maximum atomic E-state index is 12.3. The van der Waals surface area contributed by atoms with Gasteiger partial charge in [-0.1, -0.05) is 41.6 Å². The molecule has 0 bridgehead atoms. The molecule has 0 radical (unpaired) electrons. The van der Waals surface area contributed by atoms with Crippen molar-refractivity contribution in [1.29, 1.82) is 0 Å². The van der Waals surface area contributed by atoms with Crippen LogP contribution in [0.15, 0.2) is 53.4 Å². The normalized spacial score (nSPS) is 18.4. The monoisotopic (exact) mass is 386 g/mol. The van der Waals surface area contributed by atoms with E-state index in [0.717, 1.165) is 16.9 Å². The standard InChI is InChI=1S/C19H18N2O3S2/c1-12-2-6-14(7-3-12)20-15-8-4-13(5-9-15)10-16-18(24)21(11-17(22)23)19(25)26-16/h2-10,19-20,25H,11H2,1H3,(H,22,23)/b16-10-. The molecule has 1 saturated heterocycles. The number of anilines is 2. The van der Waals surface area contributed by atoms with Gasteiger partial charge in [-0.2, -0.15) is 0 Å². The number of aliphatic carboxylic acids is 1. The Morgan fingerprint density at radius 2 is 1.77 bits per heavy atom. The summed E-state index contributed by atoms with van der Waals surface area (Å²) in [5.74, 6) is -1.36. The van der Waals surface area contributed by atoms with Crippen LogP contribution in [0.3, 0.4) is 0 Å². The molecule has 26 heavy (non-hydrogen) atoms. The van der Waals surface area contributed by atoms with Crippen molar-refractivity contribution in [2.45, 2.75) is 11.6 Å². The lowest BCUT2D eigenvalue weighted by atomic mass is 10.1. The maximum absolute atomic E-state index is 12.3. The third-order valence-corrected chi connectivity index (χ3v) is 5.43. The number of rotatable bonds is 5. The number of hydrogen-bond acceptors (Lipinski definition) is 5. The molecular formula is C19H18N2O3S2. The van der Waals surface area contributed by atoms with E-state index in [0.29, 0.717) is 4.91 Å². The number of thiol groups is 1. The molecule has 1 unspecified atom stereocenters. The summed E-state index contributed by atoms with van der Waals surface area (Å²) in [7, 11) is 0. The Hall–Kier alpha value is -2.38. The van der Waals surface area contributed by atoms with Gasteiger partial charge in [-0.15, -0.1) is 12.6 Å². The summed E-state index contributed by atoms with van der Waals surface area (Å²) >= 11 is 5.53. The molecule has 1 atom stereocenters. The minimum atomic E-state index is -1.05. The fourth-order valence-corrected chi connectivity index (χ4v) is 3.95. The molecule has 1 heterocycles. The van der Waals surface area contributed by atoms with Gasteiger partial charge in [0.25, 0.3) is 5.91 Å². The molecule has 0 saturated carbocycles. The van der Waals surface area contributed by atoms with Crippen molar-refractivity contribution in [2.24, 2.45) is 0 Å². The average Bonchev–Trinajstić information content (AvgIpc) is 2.86. The Kier molecular flexibility index (Phi) is 5.58. The summed E-state index contributed by atoms with van der Waals surface area (Å²) in [6.07, 6.45) is 1.76. The summed E-state index contributed by atoms with van der Waals surface area (Å²) in [5.41, 5.74) is 4.02. The molecule has 1 aliphatic heterocycles. The van der Waals surface area contributed by atoms with E-state index < -0.39 is 10.7 Å². The highest BCUT2D eigenvalue weighted by atomic mass is 32.2. The predicted octanol–water partition coefficient (Wildman–Crippen LogP) is 3.95. The first-order valence-corrected chi connectivity index (χ1v) is 9.35. The highest BCUT2D eigenvalue weighted by Crippen LogP contribution is 2.37. The fourth-order valence-electron chi connectivity index (χ4n) is 2.48. The van der Waals surface area contributed by atoms with Gasteiger partial charge in [-0.25, -0.2) is 0 Å². The van der Waals surface area contributed by atoms with Crippen LogP contribution in [-0.4, -0.2) is 33.1 Å². The molecule has 2 aromatic carbocycles. The molecule has 5 nitrogen and oxygen atoms in total. The molecule has 7 heteroatoms. The first-order valence-electron chi connectivity index (χ1n) is 7.95. The second-order valence-electron chi connectivity index (χ2n) is 5.89. The van der Waals surface area contributed by atoms with E-state index in [4.69, 9.17) is 5.11 Å². The van der Waals surface area contributed by atoms with Crippen molar-refractivity contribution in [2.75, 3.05) is 11.9 Å². The Labute approximate surface area is 161 Å². The van der Waals surface area contributed by atoms with Gasteiger partial charge in [0.05, 0.1) is 4.91 Å². The van der Waals surface area contributed by atoms with Gasteiger partial charge in [0, 0.05) is 11.4 Å². The number of thioether (sulfide) groups is 1. The van der Waals surface area contributed by atoms with Gasteiger partial charge in [-0.3, -0.25) is 9.59 Å². The van der Waals surface area contributed by atoms with E-state index in [2.05, 4.69) is 17.9 Å². The molecule has 134 valence electrons. The number of aryl methyl sites for hydroxylation is 1. The van der Waals surface area contributed by atoms with Gasteiger partial charge >= 0.3 is 5.97 Å². The van der Waals surface area contributed by atoms with Crippen LogP contribution in [0.4, 0.5) is 11.4 Å². The number of amides is 1. The second kappa shape index (κ2) is 7.88. The van der Waals surface area contributed by atoms with Crippen LogP contribution in [0, 0.1) is 6.92 Å². The zero-order valence-corrected chi connectivity index (χ0v) is 15.8. The first-order chi connectivity index (χ1) is 12.4. The summed E-state index contributed by atoms with van der Waals surface area (Å²) < 4.78 is -0.479. The van der Waals surface area contributed by atoms with E-state index in [9.17, 15) is 9.59 Å². The van der Waals surface area contributed by atoms with Crippen LogP contribution in [0.2, 0.25) is 0 Å². The molecule has 2 N–H and O–H groups in total. The van der Waals surface area contributed by atoms with Crippen LogP contribution in [0.5, 0.6) is 0 Å². The fraction of sp³-hybridized carbons (Fsp3) is 0.158. The van der Waals surface area contributed by atoms with Crippen LogP contribution in [-0.2, 0) is 9.59 Å². The van der Waals surface area contributed by atoms with Crippen LogP contribution in [0.25, 0.3) is 6.08 Å². The van der Waals surface area contributed by atoms with Gasteiger partial charge in [-0.05, 0) is 42.8 Å². The molecule has 2 aromatic rings. The van der Waals surface area contributed by atoms with Gasteiger partial charge in [0.2, 0.25) is 0 Å². The van der Waals surface area contributed by atoms with Gasteiger partial charge < -0.3 is 15.3 Å². The molecular weight excluding hydrogens is 368 g/mol. The zero-order valence-electron chi connectivity index (χ0n) is 14.0. The third-order valence-electron chi connectivity index (χ3n) is 3.82. The van der Waals surface area contributed by atoms with Crippen LogP contribution in [0.1, 0.15) is 11.1 Å². The highest BCUT2D eigenvalue weighted by molar-refractivity contribution is 8.14. The topological polar surface area (TPSA) is 69.6 Å². The smallest absolute Gasteiger partial charge is 0.323 e. The number of carboxylic acid groups (broad SMARTS) is 1. The van der Waals surface area contributed by atoms with Crippen molar-refractivity contribution in [1.82, 2.24) is 4.90 Å². The minimum Gasteiger partial charge on any atom is -0.480 e. The first kappa shape index (κ1) is 18.4. The number of nitrogens with zero attached hydrogens (tertiary/aromatic N) is 1. The number of hydrogen-bond donors (Lipinski definition) is 3. The van der Waals surface area contributed by atoms with E-state index in [-0.39, 0.29) is 12.5 Å². The lowest BCUT2D eigenvalue weighted by molar-refractivity contribution is -0.142. The van der Waals surface area contributed by atoms with Crippen LogP contribution < -0.4 is 5.32 Å². The Morgan fingerprint density at radius 1 is 1.19 bits per heavy atom. The summed E-state index contributed by atoms with van der Waals surface area (Å²) in [6, 6.07) is 15.8. The van der Waals surface area contributed by atoms with Crippen molar-refractivity contribution in [3.63, 3.8) is 0 Å². The van der Waals surface area contributed by atoms with Crippen molar-refractivity contribution >= 4 is 53.7 Å². The molecule has 0 aliphatic carbocycles. The largest absolute Gasteiger partial charge is 0.480 e. The molecule has 1 amide bonds. The maximum Gasteiger partial charge on any atom is 0.323 e. The number of carbonyl (C=O) groups excluding carboxylic acids is 1. The molecule has 0 spiro atoms. The molecule has 1 aliphatic rings. The van der Waals surface area contributed by atoms with Crippen molar-refractivity contribution in [3.05, 3.63) is 64.6 Å². The van der Waals surface area contributed by atoms with Crippen molar-refractivity contribution < 1.29 is 14.7 Å². The molecule has 0 aromatic heterocycles. The van der Waals surface area contributed by atoms with E-state index in [1.54, 1.807) is 6.08 Å². The number of nitrogens with one attached hydrogen (secondary N) is 1. The summed E-state index contributed by atoms with van der Waals surface area (Å²) in [6.45, 7) is 1.69. The predicted molar refractivity (Wildman–Crippen MR) is 109 cm³/mol. The number of benzene rings is 2. The number of carboxylic acids is 1. The van der Waals surface area contributed by atoms with Gasteiger partial charge in [0.15, 0.2) is 0 Å². The summed E-state index contributed by atoms with van der Waals surface area (Å²) in [5, 5.41) is 12.2. The quantitative estimate of drug-likeness (QED) is 0.536. The molecule has 1 fully saturated rings. The Bertz CT molecular complexity index is 848. The highest BCUT2D eigenvalue weighted by Gasteiger charge is 2.35. The lowest BCUT2D eigenvalue weighted by Gasteiger charge is -2.15. The van der Waals surface area contributed by atoms with E-state index >= 15 is 0 Å². The lowest BCUT2D eigenvalue weighted by Crippen LogP contribution is -2.34. The minimum absolute atomic E-state index is 0.306. The van der Waals surface area contributed by atoms with E-state index in [1.165, 1.54) is 22.2 Å². The summed E-state index contributed by atoms with van der Waals surface area (Å²) in [4.78, 5) is 24.9. The Morgan fingerprint density at radius 3 is 2.35 bits per heavy atom. The number of carbonyl (C=O) groups is 2. The van der Waals surface area contributed by atoms with Gasteiger partial charge in [0.1, 0.15) is 11.3 Å². The Balaban J connectivity index is 1.70. The van der Waals surface area contributed by atoms with E-state index in [1.807, 2.05) is 55.5 Å². The third kappa shape index (κ3) is 4.42. The molecule has 3 rings (SSSR count). The SMILES string of the molecule is Cc1ccc(Nc2ccc(/C=C3\SC(S)N(CC(=O)O)C3=O)cc2)cc1. The second-order valence-corrected chi connectivity index (χ2v) is 7.85. The van der Waals surface area contributed by atoms with Crippen molar-refractivity contribution in [3.8, 4) is 0 Å². The average molecular weight is 386 g/mol. The zero-order chi connectivity index (χ0) is 18.7. The van der Waals surface area contributed by atoms with Crippen LogP contribution >= 0.6 is 24.4 Å².